The van der Waals surface area contributed by atoms with Gasteiger partial charge in [0.15, 0.2) is 0 Å². The molecule has 104 valence electrons. The third-order valence-corrected chi connectivity index (χ3v) is 4.43. The second-order valence-electron chi connectivity index (χ2n) is 5.27. The maximum Gasteiger partial charge on any atom is 0.0901 e. The molecule has 2 fully saturated rings. The van der Waals surface area contributed by atoms with Crippen LogP contribution in [-0.4, -0.2) is 66.3 Å². The zero-order valence-electron chi connectivity index (χ0n) is 11.3. The largest absolute Gasteiger partial charge is 0.392 e. The van der Waals surface area contributed by atoms with E-state index >= 15 is 0 Å². The fourth-order valence-electron chi connectivity index (χ4n) is 3.07. The van der Waals surface area contributed by atoms with Crippen molar-refractivity contribution < 1.29 is 4.74 Å². The molecule has 2 atom stereocenters. The Morgan fingerprint density at radius 3 is 2.61 bits per heavy atom. The monoisotopic (exact) mass is 271 g/mol. The first-order valence-corrected chi connectivity index (χ1v) is 7.48. The standard InChI is InChI=1S/C13H25N3OS/c1-2-12(13(14)18)16-7-5-15(6-8-16)11-4-3-9-17-10-11/h11-12H,2-10H2,1H3,(H2,14,18). The minimum Gasteiger partial charge on any atom is -0.392 e. The van der Waals surface area contributed by atoms with Crippen molar-refractivity contribution in [1.29, 1.82) is 0 Å². The molecule has 0 aliphatic carbocycles. The topological polar surface area (TPSA) is 41.7 Å². The predicted molar refractivity (Wildman–Crippen MR) is 77.9 cm³/mol. The zero-order valence-corrected chi connectivity index (χ0v) is 12.1. The Morgan fingerprint density at radius 1 is 1.39 bits per heavy atom. The van der Waals surface area contributed by atoms with E-state index in [1.165, 1.54) is 12.8 Å². The number of thiocarbonyl (C=S) groups is 1. The van der Waals surface area contributed by atoms with Gasteiger partial charge < -0.3 is 10.5 Å². The van der Waals surface area contributed by atoms with Crippen molar-refractivity contribution >= 4 is 17.2 Å². The Balaban J connectivity index is 1.81. The summed E-state index contributed by atoms with van der Waals surface area (Å²) in [6, 6.07) is 0.913. The lowest BCUT2D eigenvalue weighted by molar-refractivity contribution is -0.00419. The van der Waals surface area contributed by atoms with Crippen LogP contribution in [0.3, 0.4) is 0 Å². The van der Waals surface area contributed by atoms with E-state index in [2.05, 4.69) is 16.7 Å². The lowest BCUT2D eigenvalue weighted by atomic mass is 10.1. The third kappa shape index (κ3) is 3.41. The van der Waals surface area contributed by atoms with Crippen molar-refractivity contribution in [2.75, 3.05) is 39.4 Å². The average Bonchev–Trinajstić information content (AvgIpc) is 2.41. The molecule has 2 heterocycles. The van der Waals surface area contributed by atoms with Gasteiger partial charge in [-0.1, -0.05) is 19.1 Å². The fraction of sp³-hybridized carbons (Fsp3) is 0.923. The predicted octanol–water partition coefficient (Wildman–Crippen LogP) is 0.848. The Kier molecular flexibility index (Phi) is 5.36. The molecule has 0 spiro atoms. The van der Waals surface area contributed by atoms with Crippen LogP contribution < -0.4 is 5.73 Å². The Hall–Kier alpha value is -0.230. The fourth-order valence-corrected chi connectivity index (χ4v) is 3.38. The van der Waals surface area contributed by atoms with Gasteiger partial charge >= 0.3 is 0 Å². The SMILES string of the molecule is CCC(C(N)=S)N1CCN(C2CCCOC2)CC1. The maximum atomic E-state index is 5.81. The quantitative estimate of drug-likeness (QED) is 0.768. The minimum atomic E-state index is 0.282. The molecule has 2 unspecified atom stereocenters. The van der Waals surface area contributed by atoms with E-state index in [4.69, 9.17) is 22.7 Å². The molecule has 18 heavy (non-hydrogen) atoms. The number of nitrogens with zero attached hydrogens (tertiary/aromatic N) is 2. The summed E-state index contributed by atoms with van der Waals surface area (Å²) in [6.45, 7) is 8.40. The van der Waals surface area contributed by atoms with Crippen molar-refractivity contribution in [3.8, 4) is 0 Å². The number of hydrogen-bond acceptors (Lipinski definition) is 4. The lowest BCUT2D eigenvalue weighted by Gasteiger charge is -2.42. The van der Waals surface area contributed by atoms with Crippen LogP contribution in [-0.2, 0) is 4.74 Å². The van der Waals surface area contributed by atoms with E-state index < -0.39 is 0 Å². The molecule has 0 radical (unpaired) electrons. The van der Waals surface area contributed by atoms with Gasteiger partial charge in [0, 0.05) is 38.8 Å². The van der Waals surface area contributed by atoms with E-state index in [9.17, 15) is 0 Å². The normalized spacial score (nSPS) is 29.1. The number of hydrogen-bond donors (Lipinski definition) is 1. The molecule has 2 aliphatic heterocycles. The molecular weight excluding hydrogens is 246 g/mol. The average molecular weight is 271 g/mol. The first kappa shape index (κ1) is 14.2. The smallest absolute Gasteiger partial charge is 0.0901 e. The van der Waals surface area contributed by atoms with E-state index in [0.717, 1.165) is 45.8 Å². The molecule has 2 N–H and O–H groups in total. The van der Waals surface area contributed by atoms with Gasteiger partial charge in [-0.3, -0.25) is 9.80 Å². The molecule has 2 aliphatic rings. The molecular formula is C13H25N3OS. The summed E-state index contributed by atoms with van der Waals surface area (Å²) in [4.78, 5) is 5.65. The van der Waals surface area contributed by atoms with Gasteiger partial charge in [-0.05, 0) is 19.3 Å². The van der Waals surface area contributed by atoms with Crippen LogP contribution in [0.1, 0.15) is 26.2 Å². The highest BCUT2D eigenvalue weighted by Gasteiger charge is 2.28. The summed E-state index contributed by atoms with van der Waals surface area (Å²) in [5, 5.41) is 0. The number of ether oxygens (including phenoxy) is 1. The van der Waals surface area contributed by atoms with Gasteiger partial charge in [0.05, 0.1) is 17.6 Å². The summed E-state index contributed by atoms with van der Waals surface area (Å²) < 4.78 is 5.57. The van der Waals surface area contributed by atoms with Crippen molar-refractivity contribution in [1.82, 2.24) is 9.80 Å². The van der Waals surface area contributed by atoms with Gasteiger partial charge in [-0.25, -0.2) is 0 Å². The van der Waals surface area contributed by atoms with Crippen molar-refractivity contribution in [2.45, 2.75) is 38.3 Å². The molecule has 0 aromatic carbocycles. The Bertz CT molecular complexity index is 273. The number of rotatable bonds is 4. The van der Waals surface area contributed by atoms with Crippen molar-refractivity contribution in [2.24, 2.45) is 5.73 Å². The van der Waals surface area contributed by atoms with Crippen molar-refractivity contribution in [3.05, 3.63) is 0 Å². The highest BCUT2D eigenvalue weighted by atomic mass is 32.1. The summed E-state index contributed by atoms with van der Waals surface area (Å²) in [6.07, 6.45) is 3.50. The second-order valence-corrected chi connectivity index (χ2v) is 5.74. The molecule has 0 amide bonds. The van der Waals surface area contributed by atoms with Gasteiger partial charge in [-0.2, -0.15) is 0 Å². The summed E-state index contributed by atoms with van der Waals surface area (Å²) in [5.74, 6) is 0. The molecule has 5 heteroatoms. The molecule has 0 aromatic rings. The molecule has 0 bridgehead atoms. The molecule has 4 nitrogen and oxygen atoms in total. The van der Waals surface area contributed by atoms with Crippen LogP contribution in [0.4, 0.5) is 0 Å². The highest BCUT2D eigenvalue weighted by Crippen LogP contribution is 2.17. The van der Waals surface area contributed by atoms with E-state index in [0.29, 0.717) is 11.0 Å². The van der Waals surface area contributed by atoms with Crippen LogP contribution in [0.5, 0.6) is 0 Å². The van der Waals surface area contributed by atoms with Crippen LogP contribution >= 0.6 is 12.2 Å². The summed E-state index contributed by atoms with van der Waals surface area (Å²) in [5.41, 5.74) is 5.81. The van der Waals surface area contributed by atoms with E-state index in [1.54, 1.807) is 0 Å². The first-order valence-electron chi connectivity index (χ1n) is 7.07. The van der Waals surface area contributed by atoms with E-state index in [-0.39, 0.29) is 6.04 Å². The number of nitrogens with two attached hydrogens (primary N) is 1. The molecule has 0 saturated carbocycles. The van der Waals surface area contributed by atoms with Crippen LogP contribution in [0.25, 0.3) is 0 Å². The first-order chi connectivity index (χ1) is 8.72. The molecule has 0 aromatic heterocycles. The van der Waals surface area contributed by atoms with Gasteiger partial charge in [0.1, 0.15) is 0 Å². The van der Waals surface area contributed by atoms with Crippen LogP contribution in [0.15, 0.2) is 0 Å². The zero-order chi connectivity index (χ0) is 13.0. The summed E-state index contributed by atoms with van der Waals surface area (Å²) >= 11 is 5.15. The second kappa shape index (κ2) is 6.80. The minimum absolute atomic E-state index is 0.282. The third-order valence-electron chi connectivity index (χ3n) is 4.16. The Morgan fingerprint density at radius 2 is 2.11 bits per heavy atom. The molecule has 2 rings (SSSR count). The summed E-state index contributed by atoms with van der Waals surface area (Å²) in [7, 11) is 0. The highest BCUT2D eigenvalue weighted by molar-refractivity contribution is 7.80. The lowest BCUT2D eigenvalue weighted by Crippen LogP contribution is -2.56. The van der Waals surface area contributed by atoms with Crippen molar-refractivity contribution in [3.63, 3.8) is 0 Å². The maximum absolute atomic E-state index is 5.81. The van der Waals surface area contributed by atoms with E-state index in [1.807, 2.05) is 0 Å². The van der Waals surface area contributed by atoms with Crippen LogP contribution in [0, 0.1) is 0 Å². The van der Waals surface area contributed by atoms with Crippen LogP contribution in [0.2, 0.25) is 0 Å². The van der Waals surface area contributed by atoms with Gasteiger partial charge in [0.2, 0.25) is 0 Å². The van der Waals surface area contributed by atoms with Gasteiger partial charge in [-0.15, -0.1) is 0 Å². The number of piperazine rings is 1. The molecule has 2 saturated heterocycles. The van der Waals surface area contributed by atoms with Gasteiger partial charge in [0.25, 0.3) is 0 Å². The Labute approximate surface area is 115 Å².